The molecule has 2 aliphatic rings. The molecule has 142 valence electrons. The average Bonchev–Trinajstić information content (AvgIpc) is 3.12. The molecule has 0 saturated carbocycles. The maximum atomic E-state index is 13.0. The second-order valence-electron chi connectivity index (χ2n) is 7.81. The third-order valence-electron chi connectivity index (χ3n) is 5.91. The lowest BCUT2D eigenvalue weighted by Crippen LogP contribution is -2.43. The normalized spacial score (nSPS) is 22.2. The van der Waals surface area contributed by atoms with Crippen molar-refractivity contribution in [1.82, 2.24) is 14.2 Å². The second kappa shape index (κ2) is 7.54. The van der Waals surface area contributed by atoms with E-state index in [1.165, 1.54) is 37.3 Å². The van der Waals surface area contributed by atoms with Crippen LogP contribution in [0.25, 0.3) is 10.2 Å². The highest BCUT2D eigenvalue weighted by atomic mass is 32.2. The standard InChI is InChI=1S/C19H27N3O2S2/c1-15-4-8-21(9-5-15)13-16-6-10-22(11-7-16)26(23,24)17-2-3-18-19(12-17)25-14-20-18/h2-3,12,14-16H,4-11,13H2,1H3. The van der Waals surface area contributed by atoms with Crippen LogP contribution in [0.2, 0.25) is 0 Å². The smallest absolute Gasteiger partial charge is 0.243 e. The van der Waals surface area contributed by atoms with Crippen LogP contribution in [0.3, 0.4) is 0 Å². The first-order valence-corrected chi connectivity index (χ1v) is 11.9. The van der Waals surface area contributed by atoms with Crippen molar-refractivity contribution >= 4 is 31.6 Å². The van der Waals surface area contributed by atoms with Gasteiger partial charge in [-0.15, -0.1) is 11.3 Å². The van der Waals surface area contributed by atoms with Crippen molar-refractivity contribution in [3.63, 3.8) is 0 Å². The molecule has 26 heavy (non-hydrogen) atoms. The van der Waals surface area contributed by atoms with Crippen LogP contribution in [-0.4, -0.2) is 55.3 Å². The Balaban J connectivity index is 1.37. The average molecular weight is 394 g/mol. The summed E-state index contributed by atoms with van der Waals surface area (Å²) in [6, 6.07) is 5.27. The Morgan fingerprint density at radius 3 is 2.58 bits per heavy atom. The predicted octanol–water partition coefficient (Wildman–Crippen LogP) is 3.43. The van der Waals surface area contributed by atoms with Crippen molar-refractivity contribution in [1.29, 1.82) is 0 Å². The van der Waals surface area contributed by atoms with Gasteiger partial charge in [0.1, 0.15) is 0 Å². The van der Waals surface area contributed by atoms with Crippen LogP contribution >= 0.6 is 11.3 Å². The lowest BCUT2D eigenvalue weighted by molar-refractivity contribution is 0.142. The van der Waals surface area contributed by atoms with Crippen LogP contribution in [-0.2, 0) is 10.0 Å². The first kappa shape index (κ1) is 18.3. The molecule has 0 spiro atoms. The van der Waals surface area contributed by atoms with Gasteiger partial charge >= 0.3 is 0 Å². The van der Waals surface area contributed by atoms with E-state index in [9.17, 15) is 8.42 Å². The molecule has 0 aliphatic carbocycles. The molecular weight excluding hydrogens is 366 g/mol. The number of hydrogen-bond acceptors (Lipinski definition) is 5. The Hall–Kier alpha value is -1.02. The van der Waals surface area contributed by atoms with Crippen LogP contribution in [0.15, 0.2) is 28.6 Å². The molecule has 0 bridgehead atoms. The van der Waals surface area contributed by atoms with E-state index in [2.05, 4.69) is 16.8 Å². The minimum Gasteiger partial charge on any atom is -0.303 e. The Bertz CT molecular complexity index is 849. The van der Waals surface area contributed by atoms with Crippen molar-refractivity contribution in [2.75, 3.05) is 32.7 Å². The van der Waals surface area contributed by atoms with Gasteiger partial charge < -0.3 is 4.90 Å². The summed E-state index contributed by atoms with van der Waals surface area (Å²) in [6.45, 7) is 7.15. The van der Waals surface area contributed by atoms with E-state index in [-0.39, 0.29) is 0 Å². The molecular formula is C19H27N3O2S2. The highest BCUT2D eigenvalue weighted by Gasteiger charge is 2.30. The lowest BCUT2D eigenvalue weighted by Gasteiger charge is -2.36. The van der Waals surface area contributed by atoms with Crippen LogP contribution in [0.1, 0.15) is 32.6 Å². The third-order valence-corrected chi connectivity index (χ3v) is 8.59. The quantitative estimate of drug-likeness (QED) is 0.799. The number of sulfonamides is 1. The third kappa shape index (κ3) is 3.81. The van der Waals surface area contributed by atoms with Crippen molar-refractivity contribution in [2.45, 2.75) is 37.5 Å². The van der Waals surface area contributed by atoms with Gasteiger partial charge in [-0.05, 0) is 68.8 Å². The maximum Gasteiger partial charge on any atom is 0.243 e. The van der Waals surface area contributed by atoms with Gasteiger partial charge in [-0.25, -0.2) is 13.4 Å². The first-order chi connectivity index (χ1) is 12.5. The van der Waals surface area contributed by atoms with Crippen molar-refractivity contribution in [2.24, 2.45) is 11.8 Å². The monoisotopic (exact) mass is 393 g/mol. The predicted molar refractivity (Wildman–Crippen MR) is 106 cm³/mol. The fourth-order valence-corrected chi connectivity index (χ4v) is 6.37. The van der Waals surface area contributed by atoms with Crippen molar-refractivity contribution in [3.8, 4) is 0 Å². The van der Waals surface area contributed by atoms with E-state index < -0.39 is 10.0 Å². The van der Waals surface area contributed by atoms with E-state index in [1.807, 2.05) is 6.07 Å². The fourth-order valence-electron chi connectivity index (χ4n) is 4.09. The molecule has 2 aromatic rings. The molecule has 1 aromatic carbocycles. The minimum absolute atomic E-state index is 0.401. The summed E-state index contributed by atoms with van der Waals surface area (Å²) in [5, 5.41) is 0. The molecule has 0 N–H and O–H groups in total. The van der Waals surface area contributed by atoms with E-state index >= 15 is 0 Å². The number of hydrogen-bond donors (Lipinski definition) is 0. The van der Waals surface area contributed by atoms with E-state index in [0.29, 0.717) is 23.9 Å². The van der Waals surface area contributed by atoms with Crippen LogP contribution < -0.4 is 0 Å². The Morgan fingerprint density at radius 1 is 1.12 bits per heavy atom. The van der Waals surface area contributed by atoms with Gasteiger partial charge in [0.05, 0.1) is 20.6 Å². The van der Waals surface area contributed by atoms with Gasteiger partial charge in [0, 0.05) is 19.6 Å². The summed E-state index contributed by atoms with van der Waals surface area (Å²) < 4.78 is 28.6. The summed E-state index contributed by atoms with van der Waals surface area (Å²) >= 11 is 1.48. The van der Waals surface area contributed by atoms with Crippen molar-refractivity contribution < 1.29 is 8.42 Å². The Morgan fingerprint density at radius 2 is 1.85 bits per heavy atom. The highest BCUT2D eigenvalue weighted by Crippen LogP contribution is 2.28. The van der Waals surface area contributed by atoms with Gasteiger partial charge in [0.25, 0.3) is 0 Å². The minimum atomic E-state index is -3.40. The number of fused-ring (bicyclic) bond motifs is 1. The number of likely N-dealkylation sites (tertiary alicyclic amines) is 1. The molecule has 0 amide bonds. The van der Waals surface area contributed by atoms with E-state index in [4.69, 9.17) is 0 Å². The molecule has 0 atom stereocenters. The van der Waals surface area contributed by atoms with Crippen LogP contribution in [0.4, 0.5) is 0 Å². The molecule has 1 aromatic heterocycles. The molecule has 2 aliphatic heterocycles. The topological polar surface area (TPSA) is 53.5 Å². The van der Waals surface area contributed by atoms with Gasteiger partial charge in [0.15, 0.2) is 0 Å². The summed E-state index contributed by atoms with van der Waals surface area (Å²) in [5.74, 6) is 1.48. The number of nitrogens with zero attached hydrogens (tertiary/aromatic N) is 3. The SMILES string of the molecule is CC1CCN(CC2CCN(S(=O)(=O)c3ccc4ncsc4c3)CC2)CC1. The highest BCUT2D eigenvalue weighted by molar-refractivity contribution is 7.89. The molecule has 4 rings (SSSR count). The number of thiazole rings is 1. The maximum absolute atomic E-state index is 13.0. The number of rotatable bonds is 4. The van der Waals surface area contributed by atoms with Crippen molar-refractivity contribution in [3.05, 3.63) is 23.7 Å². The van der Waals surface area contributed by atoms with Gasteiger partial charge in [0.2, 0.25) is 10.0 Å². The number of benzene rings is 1. The zero-order valence-corrected chi connectivity index (χ0v) is 16.9. The molecule has 2 saturated heterocycles. The molecule has 7 heteroatoms. The van der Waals surface area contributed by atoms with Crippen LogP contribution in [0.5, 0.6) is 0 Å². The number of piperidine rings is 2. The zero-order chi connectivity index (χ0) is 18.1. The second-order valence-corrected chi connectivity index (χ2v) is 10.6. The fraction of sp³-hybridized carbons (Fsp3) is 0.632. The largest absolute Gasteiger partial charge is 0.303 e. The number of aromatic nitrogens is 1. The first-order valence-electron chi connectivity index (χ1n) is 9.58. The summed E-state index contributed by atoms with van der Waals surface area (Å²) in [6.07, 6.45) is 4.53. The van der Waals surface area contributed by atoms with Crippen LogP contribution in [0, 0.1) is 11.8 Å². The molecule has 0 radical (unpaired) electrons. The summed E-state index contributed by atoms with van der Waals surface area (Å²) in [5.41, 5.74) is 2.62. The molecule has 3 heterocycles. The molecule has 2 fully saturated rings. The lowest BCUT2D eigenvalue weighted by atomic mass is 9.94. The van der Waals surface area contributed by atoms with E-state index in [1.54, 1.807) is 21.9 Å². The van der Waals surface area contributed by atoms with Gasteiger partial charge in [-0.2, -0.15) is 4.31 Å². The van der Waals surface area contributed by atoms with Gasteiger partial charge in [-0.1, -0.05) is 6.92 Å². The summed E-state index contributed by atoms with van der Waals surface area (Å²) in [4.78, 5) is 7.21. The summed E-state index contributed by atoms with van der Waals surface area (Å²) in [7, 11) is -3.40. The Kier molecular flexibility index (Phi) is 5.32. The Labute approximate surface area is 160 Å². The van der Waals surface area contributed by atoms with Gasteiger partial charge in [-0.3, -0.25) is 0 Å². The zero-order valence-electron chi connectivity index (χ0n) is 15.3. The molecule has 5 nitrogen and oxygen atoms in total. The van der Waals surface area contributed by atoms with E-state index in [0.717, 1.165) is 35.5 Å². The molecule has 0 unspecified atom stereocenters.